The molecule has 1 saturated heterocycles. The van der Waals surface area contributed by atoms with E-state index in [1.165, 1.54) is 18.3 Å². The molecular formula is C28H32F2N4O2. The Morgan fingerprint density at radius 2 is 1.81 bits per heavy atom. The molecule has 2 heterocycles. The molecule has 36 heavy (non-hydrogen) atoms. The van der Waals surface area contributed by atoms with Crippen molar-refractivity contribution in [3.63, 3.8) is 0 Å². The Kier molecular flexibility index (Phi) is 8.13. The largest absolute Gasteiger partial charge is 0.624 e. The van der Waals surface area contributed by atoms with Crippen LogP contribution in [0, 0.1) is 22.8 Å². The maximum absolute atomic E-state index is 14.8. The molecule has 0 amide bonds. The van der Waals surface area contributed by atoms with Crippen LogP contribution in [0.2, 0.25) is 0 Å². The first kappa shape index (κ1) is 25.5. The van der Waals surface area contributed by atoms with Gasteiger partial charge in [-0.15, -0.1) is 0 Å². The second kappa shape index (κ2) is 11.5. The van der Waals surface area contributed by atoms with E-state index >= 15 is 0 Å². The Hall–Kier alpha value is -3.55. The average Bonchev–Trinajstić information content (AvgIpc) is 2.88. The van der Waals surface area contributed by atoms with E-state index < -0.39 is 11.6 Å². The van der Waals surface area contributed by atoms with E-state index in [0.29, 0.717) is 23.7 Å². The fraction of sp³-hybridized carbons (Fsp3) is 0.393. The van der Waals surface area contributed by atoms with Gasteiger partial charge < -0.3 is 14.8 Å². The molecule has 190 valence electrons. The van der Waals surface area contributed by atoms with Crippen molar-refractivity contribution in [2.45, 2.75) is 46.1 Å². The smallest absolute Gasteiger partial charge is 0.225 e. The highest BCUT2D eigenvalue weighted by Crippen LogP contribution is 2.29. The fourth-order valence-electron chi connectivity index (χ4n) is 4.13. The van der Waals surface area contributed by atoms with Gasteiger partial charge in [0, 0.05) is 36.6 Å². The third-order valence-electron chi connectivity index (χ3n) is 6.49. The van der Waals surface area contributed by atoms with Gasteiger partial charge in [0.15, 0.2) is 23.8 Å². The number of aromatic nitrogens is 2. The summed E-state index contributed by atoms with van der Waals surface area (Å²) < 4.78 is 36.0. The van der Waals surface area contributed by atoms with Crippen LogP contribution in [0.4, 0.5) is 14.7 Å². The van der Waals surface area contributed by atoms with Gasteiger partial charge in [-0.3, -0.25) is 0 Å². The van der Waals surface area contributed by atoms with Crippen molar-refractivity contribution < 1.29 is 18.3 Å². The minimum atomic E-state index is -0.532. The van der Waals surface area contributed by atoms with Crippen LogP contribution in [0.3, 0.4) is 0 Å². The Balaban J connectivity index is 1.34. The summed E-state index contributed by atoms with van der Waals surface area (Å²) in [6.45, 7) is 7.66. The zero-order chi connectivity index (χ0) is 25.7. The third-order valence-corrected chi connectivity index (χ3v) is 6.49. The van der Waals surface area contributed by atoms with E-state index in [0.717, 1.165) is 48.6 Å². The molecular weight excluding hydrogens is 462 g/mol. The first-order valence-corrected chi connectivity index (χ1v) is 12.4. The molecule has 0 radical (unpaired) electrons. The van der Waals surface area contributed by atoms with Crippen molar-refractivity contribution >= 4 is 12.2 Å². The summed E-state index contributed by atoms with van der Waals surface area (Å²) in [5, 5.41) is 11.8. The third kappa shape index (κ3) is 6.17. The van der Waals surface area contributed by atoms with Crippen LogP contribution >= 0.6 is 0 Å². The van der Waals surface area contributed by atoms with Crippen molar-refractivity contribution in [3.05, 3.63) is 76.8 Å². The minimum Gasteiger partial charge on any atom is -0.624 e. The number of rotatable bonds is 8. The number of aryl methyl sites for hydroxylation is 1. The van der Waals surface area contributed by atoms with Crippen molar-refractivity contribution in [3.8, 4) is 16.9 Å². The normalized spacial score (nSPS) is 14.9. The number of piperidine rings is 1. The Labute approximate surface area is 210 Å². The molecule has 1 aliphatic rings. The molecule has 0 aliphatic carbocycles. The van der Waals surface area contributed by atoms with E-state index in [-0.39, 0.29) is 17.4 Å². The summed E-state index contributed by atoms with van der Waals surface area (Å²) in [5.74, 6) is 0.160. The first-order chi connectivity index (χ1) is 17.3. The molecule has 1 fully saturated rings. The number of halogens is 2. The number of hydrogen-bond acceptors (Lipinski definition) is 5. The fourth-order valence-corrected chi connectivity index (χ4v) is 4.13. The topological polar surface area (TPSA) is 64.3 Å². The number of hydroxylamine groups is 1. The molecule has 0 N–H and O–H groups in total. The molecule has 8 heteroatoms. The van der Waals surface area contributed by atoms with E-state index in [4.69, 9.17) is 4.74 Å². The molecule has 0 spiro atoms. The van der Waals surface area contributed by atoms with Crippen LogP contribution < -0.4 is 9.64 Å². The molecule has 3 aromatic rings. The van der Waals surface area contributed by atoms with Crippen LogP contribution in [0.15, 0.2) is 48.8 Å². The highest BCUT2D eigenvalue weighted by Gasteiger charge is 2.22. The van der Waals surface area contributed by atoms with Crippen molar-refractivity contribution in [2.24, 2.45) is 5.92 Å². The predicted molar refractivity (Wildman–Crippen MR) is 138 cm³/mol. The van der Waals surface area contributed by atoms with Gasteiger partial charge >= 0.3 is 0 Å². The summed E-state index contributed by atoms with van der Waals surface area (Å²) in [5.41, 5.74) is 2.25. The molecule has 6 nitrogen and oxygen atoms in total. The Morgan fingerprint density at radius 3 is 2.42 bits per heavy atom. The SMILES string of the molecule is CCc1cnc(N2CCC(COc3ccc(-c4ccc(/C=[N+](\[O-])C(C)C)cc4F)cc3F)CC2)nc1. The van der Waals surface area contributed by atoms with Crippen molar-refractivity contribution in [1.29, 1.82) is 0 Å². The van der Waals surface area contributed by atoms with Gasteiger partial charge in [0.2, 0.25) is 5.95 Å². The molecule has 0 saturated carbocycles. The van der Waals surface area contributed by atoms with Gasteiger partial charge in [-0.25, -0.2) is 23.5 Å². The Morgan fingerprint density at radius 1 is 1.08 bits per heavy atom. The maximum Gasteiger partial charge on any atom is 0.225 e. The molecule has 1 aliphatic heterocycles. The summed E-state index contributed by atoms with van der Waals surface area (Å²) in [7, 11) is 0. The Bertz CT molecular complexity index is 1210. The average molecular weight is 495 g/mol. The highest BCUT2D eigenvalue weighted by atomic mass is 19.1. The zero-order valence-corrected chi connectivity index (χ0v) is 21.0. The molecule has 0 atom stereocenters. The zero-order valence-electron chi connectivity index (χ0n) is 21.0. The monoisotopic (exact) mass is 494 g/mol. The second-order valence-corrected chi connectivity index (χ2v) is 9.45. The number of hydrogen-bond donors (Lipinski definition) is 0. The number of nitrogens with zero attached hydrogens (tertiary/aromatic N) is 4. The number of ether oxygens (including phenoxy) is 1. The first-order valence-electron chi connectivity index (χ1n) is 12.4. The molecule has 4 rings (SSSR count). The van der Waals surface area contributed by atoms with E-state index in [2.05, 4.69) is 21.8 Å². The molecule has 0 unspecified atom stereocenters. The number of anilines is 1. The van der Waals surface area contributed by atoms with Gasteiger partial charge in [-0.05, 0) is 74.4 Å². The van der Waals surface area contributed by atoms with Gasteiger partial charge in [0.25, 0.3) is 0 Å². The van der Waals surface area contributed by atoms with Crippen LogP contribution in [-0.2, 0) is 6.42 Å². The minimum absolute atomic E-state index is 0.156. The van der Waals surface area contributed by atoms with E-state index in [1.54, 1.807) is 38.1 Å². The second-order valence-electron chi connectivity index (χ2n) is 9.45. The quantitative estimate of drug-likeness (QED) is 0.176. The highest BCUT2D eigenvalue weighted by molar-refractivity contribution is 5.78. The van der Waals surface area contributed by atoms with Gasteiger partial charge in [-0.2, -0.15) is 0 Å². The van der Waals surface area contributed by atoms with Gasteiger partial charge in [-0.1, -0.05) is 19.1 Å². The predicted octanol–water partition coefficient (Wildman–Crippen LogP) is 5.62. The standard InChI is InChI=1S/C28H32F2N4O2/c1-4-20-15-31-28(32-16-20)33-11-9-21(10-12-33)18-36-27-8-6-23(14-26(27)30)24-7-5-22(13-25(24)29)17-34(35)19(2)3/h5-8,13-17,19,21H,4,9-12,18H2,1-3H3/b34-17-. The summed E-state index contributed by atoms with van der Waals surface area (Å²) in [6, 6.07) is 8.70. The summed E-state index contributed by atoms with van der Waals surface area (Å²) >= 11 is 0. The van der Waals surface area contributed by atoms with Gasteiger partial charge in [0.05, 0.1) is 6.61 Å². The van der Waals surface area contributed by atoms with Gasteiger partial charge in [0.1, 0.15) is 5.82 Å². The lowest BCUT2D eigenvalue weighted by Gasteiger charge is -2.31. The van der Waals surface area contributed by atoms with Crippen molar-refractivity contribution in [1.82, 2.24) is 9.97 Å². The van der Waals surface area contributed by atoms with Crippen LogP contribution in [0.25, 0.3) is 11.1 Å². The van der Waals surface area contributed by atoms with Crippen LogP contribution in [-0.4, -0.2) is 46.7 Å². The summed E-state index contributed by atoms with van der Waals surface area (Å²) in [4.78, 5) is 11.1. The lowest BCUT2D eigenvalue weighted by atomic mass is 9.98. The maximum atomic E-state index is 14.8. The van der Waals surface area contributed by atoms with E-state index in [1.807, 2.05) is 12.4 Å². The molecule has 0 bridgehead atoms. The lowest BCUT2D eigenvalue weighted by Crippen LogP contribution is -2.36. The lowest BCUT2D eigenvalue weighted by molar-refractivity contribution is -0.487. The molecule has 1 aromatic heterocycles. The van der Waals surface area contributed by atoms with Crippen LogP contribution in [0.5, 0.6) is 5.75 Å². The molecule has 2 aromatic carbocycles. The van der Waals surface area contributed by atoms with Crippen molar-refractivity contribution in [2.75, 3.05) is 24.6 Å². The number of benzene rings is 2. The van der Waals surface area contributed by atoms with Crippen LogP contribution in [0.1, 0.15) is 44.7 Å². The summed E-state index contributed by atoms with van der Waals surface area (Å²) in [6.07, 6.45) is 7.81. The van der Waals surface area contributed by atoms with E-state index in [9.17, 15) is 14.0 Å².